The maximum atomic E-state index is 8.84. The van der Waals surface area contributed by atoms with Crippen molar-refractivity contribution in [3.05, 3.63) is 53.1 Å². The molecule has 0 radical (unpaired) electrons. The van der Waals surface area contributed by atoms with Gasteiger partial charge in [0.15, 0.2) is 0 Å². The van der Waals surface area contributed by atoms with Gasteiger partial charge in [0.05, 0.1) is 16.4 Å². The van der Waals surface area contributed by atoms with Crippen molar-refractivity contribution in [2.45, 2.75) is 6.42 Å². The summed E-state index contributed by atoms with van der Waals surface area (Å²) >= 11 is 5.95. The highest BCUT2D eigenvalue weighted by Crippen LogP contribution is 2.29. The first kappa shape index (κ1) is 12.7. The molecular formula is C14H15ClN2O. The van der Waals surface area contributed by atoms with E-state index in [1.54, 1.807) is 6.07 Å². The Bertz CT molecular complexity index is 526. The van der Waals surface area contributed by atoms with Crippen LogP contribution in [0.5, 0.6) is 0 Å². The minimum absolute atomic E-state index is 0.161. The van der Waals surface area contributed by atoms with E-state index in [1.165, 1.54) is 0 Å². The Morgan fingerprint density at radius 3 is 2.50 bits per heavy atom. The molecule has 0 aliphatic rings. The molecule has 0 heterocycles. The average molecular weight is 263 g/mol. The van der Waals surface area contributed by atoms with Crippen molar-refractivity contribution in [3.8, 4) is 0 Å². The first-order chi connectivity index (χ1) is 8.70. The van der Waals surface area contributed by atoms with Crippen LogP contribution in [0.25, 0.3) is 0 Å². The van der Waals surface area contributed by atoms with Crippen LogP contribution in [0.1, 0.15) is 5.56 Å². The van der Waals surface area contributed by atoms with Gasteiger partial charge in [0.1, 0.15) is 0 Å². The Morgan fingerprint density at radius 1 is 1.11 bits per heavy atom. The lowest BCUT2D eigenvalue weighted by Gasteiger charge is -2.10. The standard InChI is InChI=1S/C14H15ClN2O/c15-12-2-1-3-13(14(12)16)17-11-6-4-10(5-7-11)8-9-18/h1-7,17-18H,8-9,16H2. The molecule has 18 heavy (non-hydrogen) atoms. The van der Waals surface area contributed by atoms with Gasteiger partial charge in [-0.05, 0) is 36.2 Å². The smallest absolute Gasteiger partial charge is 0.0742 e. The normalized spacial score (nSPS) is 10.3. The van der Waals surface area contributed by atoms with Crippen molar-refractivity contribution in [2.75, 3.05) is 17.7 Å². The number of benzene rings is 2. The van der Waals surface area contributed by atoms with Crippen molar-refractivity contribution in [1.29, 1.82) is 0 Å². The van der Waals surface area contributed by atoms with E-state index in [4.69, 9.17) is 22.4 Å². The van der Waals surface area contributed by atoms with Crippen molar-refractivity contribution >= 4 is 28.7 Å². The third kappa shape index (κ3) is 2.94. The molecule has 0 aliphatic carbocycles. The van der Waals surface area contributed by atoms with E-state index in [2.05, 4.69) is 5.32 Å². The highest BCUT2D eigenvalue weighted by molar-refractivity contribution is 6.33. The van der Waals surface area contributed by atoms with Crippen LogP contribution in [0.15, 0.2) is 42.5 Å². The predicted molar refractivity (Wildman–Crippen MR) is 76.4 cm³/mol. The van der Waals surface area contributed by atoms with E-state index in [9.17, 15) is 0 Å². The van der Waals surface area contributed by atoms with E-state index in [0.717, 1.165) is 16.9 Å². The molecule has 4 heteroatoms. The average Bonchev–Trinajstić information content (AvgIpc) is 2.38. The zero-order valence-corrected chi connectivity index (χ0v) is 10.6. The summed E-state index contributed by atoms with van der Waals surface area (Å²) in [7, 11) is 0. The second-order valence-corrected chi connectivity index (χ2v) is 4.40. The van der Waals surface area contributed by atoms with Crippen LogP contribution in [0, 0.1) is 0 Å². The molecule has 94 valence electrons. The molecule has 0 aliphatic heterocycles. The van der Waals surface area contributed by atoms with E-state index < -0.39 is 0 Å². The molecule has 0 aromatic heterocycles. The maximum Gasteiger partial charge on any atom is 0.0742 e. The van der Waals surface area contributed by atoms with Gasteiger partial charge in [-0.25, -0.2) is 0 Å². The van der Waals surface area contributed by atoms with Crippen LogP contribution in [-0.2, 0) is 6.42 Å². The molecule has 0 saturated heterocycles. The van der Waals surface area contributed by atoms with Gasteiger partial charge in [0.25, 0.3) is 0 Å². The molecule has 2 aromatic carbocycles. The van der Waals surface area contributed by atoms with Gasteiger partial charge in [0.2, 0.25) is 0 Å². The van der Waals surface area contributed by atoms with Gasteiger partial charge < -0.3 is 16.2 Å². The summed E-state index contributed by atoms with van der Waals surface area (Å²) in [6.45, 7) is 0.161. The molecule has 0 spiro atoms. The summed E-state index contributed by atoms with van der Waals surface area (Å²) in [6, 6.07) is 13.3. The van der Waals surface area contributed by atoms with Crippen molar-refractivity contribution in [3.63, 3.8) is 0 Å². The van der Waals surface area contributed by atoms with Gasteiger partial charge in [-0.3, -0.25) is 0 Å². The topological polar surface area (TPSA) is 58.3 Å². The second kappa shape index (κ2) is 5.76. The van der Waals surface area contributed by atoms with E-state index in [0.29, 0.717) is 17.1 Å². The summed E-state index contributed by atoms with van der Waals surface area (Å²) in [6.07, 6.45) is 0.666. The lowest BCUT2D eigenvalue weighted by atomic mass is 10.1. The Kier molecular flexibility index (Phi) is 4.07. The molecule has 2 rings (SSSR count). The third-order valence-electron chi connectivity index (χ3n) is 2.69. The fourth-order valence-corrected chi connectivity index (χ4v) is 1.86. The number of nitrogens with one attached hydrogen (secondary N) is 1. The Labute approximate surface area is 111 Å². The number of aliphatic hydroxyl groups excluding tert-OH is 1. The number of nitrogen functional groups attached to an aromatic ring is 1. The zero-order chi connectivity index (χ0) is 13.0. The predicted octanol–water partition coefficient (Wildman–Crippen LogP) is 3.20. The van der Waals surface area contributed by atoms with Gasteiger partial charge in [0, 0.05) is 12.3 Å². The van der Waals surface area contributed by atoms with E-state index in [1.807, 2.05) is 36.4 Å². The van der Waals surface area contributed by atoms with Crippen LogP contribution in [0.4, 0.5) is 17.1 Å². The lowest BCUT2D eigenvalue weighted by molar-refractivity contribution is 0.299. The lowest BCUT2D eigenvalue weighted by Crippen LogP contribution is -1.97. The summed E-state index contributed by atoms with van der Waals surface area (Å²) in [5, 5.41) is 12.6. The molecule has 0 saturated carbocycles. The van der Waals surface area contributed by atoms with Crippen LogP contribution in [0.2, 0.25) is 5.02 Å². The number of hydrogen-bond acceptors (Lipinski definition) is 3. The molecule has 0 unspecified atom stereocenters. The van der Waals surface area contributed by atoms with Crippen molar-refractivity contribution in [1.82, 2.24) is 0 Å². The molecular weight excluding hydrogens is 248 g/mol. The fraction of sp³-hybridized carbons (Fsp3) is 0.143. The Morgan fingerprint density at radius 2 is 1.83 bits per heavy atom. The number of anilines is 3. The van der Waals surface area contributed by atoms with Gasteiger partial charge in [-0.15, -0.1) is 0 Å². The van der Waals surface area contributed by atoms with Gasteiger partial charge >= 0.3 is 0 Å². The number of hydrogen-bond donors (Lipinski definition) is 3. The molecule has 0 bridgehead atoms. The minimum atomic E-state index is 0.161. The maximum absolute atomic E-state index is 8.84. The molecule has 0 amide bonds. The second-order valence-electron chi connectivity index (χ2n) is 4.00. The van der Waals surface area contributed by atoms with Crippen LogP contribution in [-0.4, -0.2) is 11.7 Å². The molecule has 2 aromatic rings. The summed E-state index contributed by atoms with van der Waals surface area (Å²) in [5.74, 6) is 0. The highest BCUT2D eigenvalue weighted by atomic mass is 35.5. The number of rotatable bonds is 4. The number of halogens is 1. The third-order valence-corrected chi connectivity index (χ3v) is 3.02. The number of nitrogens with two attached hydrogens (primary N) is 1. The van der Waals surface area contributed by atoms with Crippen LogP contribution < -0.4 is 11.1 Å². The summed E-state index contributed by atoms with van der Waals surface area (Å²) < 4.78 is 0. The van der Waals surface area contributed by atoms with Crippen LogP contribution in [0.3, 0.4) is 0 Å². The highest BCUT2D eigenvalue weighted by Gasteiger charge is 2.03. The van der Waals surface area contributed by atoms with E-state index in [-0.39, 0.29) is 6.61 Å². The summed E-state index contributed by atoms with van der Waals surface area (Å²) in [5.41, 5.74) is 9.25. The Hall–Kier alpha value is -1.71. The monoisotopic (exact) mass is 262 g/mol. The first-order valence-corrected chi connectivity index (χ1v) is 6.09. The van der Waals surface area contributed by atoms with Gasteiger partial charge in [-0.2, -0.15) is 0 Å². The molecule has 3 nitrogen and oxygen atoms in total. The van der Waals surface area contributed by atoms with Crippen LogP contribution >= 0.6 is 11.6 Å². The largest absolute Gasteiger partial charge is 0.396 e. The summed E-state index contributed by atoms with van der Waals surface area (Å²) in [4.78, 5) is 0. The fourth-order valence-electron chi connectivity index (χ4n) is 1.69. The Balaban J connectivity index is 2.16. The van der Waals surface area contributed by atoms with E-state index >= 15 is 0 Å². The zero-order valence-electron chi connectivity index (χ0n) is 9.86. The van der Waals surface area contributed by atoms with Gasteiger partial charge in [-0.1, -0.05) is 29.8 Å². The molecule has 0 atom stereocenters. The molecule has 4 N–H and O–H groups in total. The van der Waals surface area contributed by atoms with Crippen molar-refractivity contribution in [2.24, 2.45) is 0 Å². The number of para-hydroxylation sites is 1. The SMILES string of the molecule is Nc1c(Cl)cccc1Nc1ccc(CCO)cc1. The quantitative estimate of drug-likeness (QED) is 0.742. The number of aliphatic hydroxyl groups is 1. The molecule has 0 fully saturated rings. The minimum Gasteiger partial charge on any atom is -0.396 e. The first-order valence-electron chi connectivity index (χ1n) is 5.71. The van der Waals surface area contributed by atoms with Crippen molar-refractivity contribution < 1.29 is 5.11 Å².